The minimum Gasteiger partial charge on any atom is -0.497 e. The summed E-state index contributed by atoms with van der Waals surface area (Å²) in [6, 6.07) is 10.3. The van der Waals surface area contributed by atoms with Crippen molar-refractivity contribution in [1.29, 1.82) is 0 Å². The SMILES string of the molecule is COc1ccc2c(COC(=O)CSCc3ccc(Cl)s3)cc(=O)oc2c1. The van der Waals surface area contributed by atoms with E-state index in [4.69, 9.17) is 25.5 Å². The van der Waals surface area contributed by atoms with E-state index in [0.717, 1.165) is 9.21 Å². The van der Waals surface area contributed by atoms with Crippen molar-refractivity contribution in [3.63, 3.8) is 0 Å². The minimum atomic E-state index is -0.499. The van der Waals surface area contributed by atoms with E-state index in [2.05, 4.69) is 0 Å². The van der Waals surface area contributed by atoms with Gasteiger partial charge in [0.05, 0.1) is 17.2 Å². The first kappa shape index (κ1) is 18.8. The molecule has 0 atom stereocenters. The van der Waals surface area contributed by atoms with Crippen LogP contribution in [0.5, 0.6) is 5.75 Å². The zero-order valence-electron chi connectivity index (χ0n) is 13.8. The Morgan fingerprint density at radius 3 is 2.85 bits per heavy atom. The van der Waals surface area contributed by atoms with Gasteiger partial charge in [-0.2, -0.15) is 0 Å². The average molecular weight is 411 g/mol. The van der Waals surface area contributed by atoms with E-state index in [1.165, 1.54) is 36.3 Å². The van der Waals surface area contributed by atoms with Crippen molar-refractivity contribution in [3.05, 3.63) is 61.6 Å². The molecule has 0 aliphatic heterocycles. The number of thiophene rings is 1. The Hall–Kier alpha value is -1.96. The van der Waals surface area contributed by atoms with Crippen LogP contribution in [0.25, 0.3) is 11.0 Å². The molecule has 0 unspecified atom stereocenters. The van der Waals surface area contributed by atoms with Gasteiger partial charge < -0.3 is 13.9 Å². The summed E-state index contributed by atoms with van der Waals surface area (Å²) in [5.41, 5.74) is 0.495. The molecule has 26 heavy (non-hydrogen) atoms. The minimum absolute atomic E-state index is 0.0126. The largest absolute Gasteiger partial charge is 0.497 e. The van der Waals surface area contributed by atoms with E-state index in [-0.39, 0.29) is 18.3 Å². The molecule has 1 aromatic carbocycles. The lowest BCUT2D eigenvalue weighted by molar-refractivity contribution is -0.141. The molecule has 136 valence electrons. The van der Waals surface area contributed by atoms with Gasteiger partial charge in [-0.1, -0.05) is 11.6 Å². The highest BCUT2D eigenvalue weighted by Crippen LogP contribution is 2.26. The second-order valence-corrected chi connectivity index (χ2v) is 8.10. The molecule has 2 heterocycles. The van der Waals surface area contributed by atoms with Crippen LogP contribution in [-0.4, -0.2) is 18.8 Å². The van der Waals surface area contributed by atoms with Crippen LogP contribution < -0.4 is 10.4 Å². The third kappa shape index (κ3) is 4.81. The number of fused-ring (bicyclic) bond motifs is 1. The number of ether oxygens (including phenoxy) is 2. The molecule has 0 bridgehead atoms. The van der Waals surface area contributed by atoms with Gasteiger partial charge in [0.2, 0.25) is 0 Å². The molecule has 3 rings (SSSR count). The van der Waals surface area contributed by atoms with Gasteiger partial charge in [-0.3, -0.25) is 4.79 Å². The molecule has 3 aromatic rings. The predicted octanol–water partition coefficient (Wildman–Crippen LogP) is 4.49. The van der Waals surface area contributed by atoms with Gasteiger partial charge in [0.25, 0.3) is 0 Å². The second-order valence-electron chi connectivity index (χ2n) is 5.31. The first-order valence-electron chi connectivity index (χ1n) is 7.63. The van der Waals surface area contributed by atoms with Gasteiger partial charge in [0.1, 0.15) is 17.9 Å². The maximum absolute atomic E-state index is 11.9. The van der Waals surface area contributed by atoms with Gasteiger partial charge in [0, 0.05) is 33.7 Å². The fraction of sp³-hybridized carbons (Fsp3) is 0.222. The van der Waals surface area contributed by atoms with Crippen molar-refractivity contribution in [2.45, 2.75) is 12.4 Å². The van der Waals surface area contributed by atoms with Crippen LogP contribution in [0.4, 0.5) is 0 Å². The third-order valence-electron chi connectivity index (χ3n) is 3.52. The highest BCUT2D eigenvalue weighted by atomic mass is 35.5. The highest BCUT2D eigenvalue weighted by Gasteiger charge is 2.10. The van der Waals surface area contributed by atoms with Gasteiger partial charge in [0.15, 0.2) is 0 Å². The second kappa shape index (κ2) is 8.62. The Balaban J connectivity index is 1.60. The fourth-order valence-electron chi connectivity index (χ4n) is 2.32. The van der Waals surface area contributed by atoms with Gasteiger partial charge in [-0.25, -0.2) is 4.79 Å². The normalized spacial score (nSPS) is 10.8. The predicted molar refractivity (Wildman–Crippen MR) is 104 cm³/mol. The summed E-state index contributed by atoms with van der Waals surface area (Å²) in [6.45, 7) is 0.0126. The van der Waals surface area contributed by atoms with Gasteiger partial charge >= 0.3 is 11.6 Å². The fourth-order valence-corrected chi connectivity index (χ4v) is 4.34. The number of halogens is 1. The summed E-state index contributed by atoms with van der Waals surface area (Å²) < 4.78 is 16.3. The van der Waals surface area contributed by atoms with E-state index < -0.39 is 5.63 Å². The zero-order chi connectivity index (χ0) is 18.5. The van der Waals surface area contributed by atoms with Crippen molar-refractivity contribution in [1.82, 2.24) is 0 Å². The number of hydrogen-bond donors (Lipinski definition) is 0. The molecular weight excluding hydrogens is 396 g/mol. The van der Waals surface area contributed by atoms with Gasteiger partial charge in [-0.15, -0.1) is 23.1 Å². The van der Waals surface area contributed by atoms with E-state index in [9.17, 15) is 9.59 Å². The topological polar surface area (TPSA) is 65.7 Å². The Kier molecular flexibility index (Phi) is 6.24. The van der Waals surface area contributed by atoms with Crippen molar-refractivity contribution < 1.29 is 18.7 Å². The monoisotopic (exact) mass is 410 g/mol. The lowest BCUT2D eigenvalue weighted by Crippen LogP contribution is -2.09. The lowest BCUT2D eigenvalue weighted by atomic mass is 10.1. The molecule has 0 spiro atoms. The van der Waals surface area contributed by atoms with E-state index in [1.807, 2.05) is 12.1 Å². The quantitative estimate of drug-likeness (QED) is 0.422. The summed E-state index contributed by atoms with van der Waals surface area (Å²) in [6.07, 6.45) is 0. The summed E-state index contributed by atoms with van der Waals surface area (Å²) in [5.74, 6) is 1.17. The summed E-state index contributed by atoms with van der Waals surface area (Å²) >= 11 is 8.82. The Bertz CT molecular complexity index is 979. The number of hydrogen-bond acceptors (Lipinski definition) is 7. The summed E-state index contributed by atoms with van der Waals surface area (Å²) in [5, 5.41) is 0.707. The van der Waals surface area contributed by atoms with E-state index in [0.29, 0.717) is 28.0 Å². The van der Waals surface area contributed by atoms with Crippen molar-refractivity contribution in [2.24, 2.45) is 0 Å². The molecule has 0 saturated carbocycles. The standard InChI is InChI=1S/C18H15ClO5S2/c1-22-12-2-4-14-11(6-17(20)24-15(14)7-12)8-23-18(21)10-25-9-13-3-5-16(19)26-13/h2-7H,8-10H2,1H3. The molecular formula is C18H15ClO5S2. The smallest absolute Gasteiger partial charge is 0.336 e. The van der Waals surface area contributed by atoms with Crippen LogP contribution in [0.3, 0.4) is 0 Å². The highest BCUT2D eigenvalue weighted by molar-refractivity contribution is 7.99. The Morgan fingerprint density at radius 1 is 1.27 bits per heavy atom. The molecule has 5 nitrogen and oxygen atoms in total. The van der Waals surface area contributed by atoms with Crippen LogP contribution in [0.1, 0.15) is 10.4 Å². The number of benzene rings is 1. The van der Waals surface area contributed by atoms with Crippen molar-refractivity contribution >= 4 is 51.6 Å². The molecule has 0 radical (unpaired) electrons. The van der Waals surface area contributed by atoms with E-state index in [1.54, 1.807) is 18.2 Å². The molecule has 2 aromatic heterocycles. The Morgan fingerprint density at radius 2 is 2.12 bits per heavy atom. The van der Waals surface area contributed by atoms with Gasteiger partial charge in [-0.05, 0) is 24.3 Å². The zero-order valence-corrected chi connectivity index (χ0v) is 16.2. The van der Waals surface area contributed by atoms with E-state index >= 15 is 0 Å². The molecule has 0 aliphatic carbocycles. The summed E-state index contributed by atoms with van der Waals surface area (Å²) in [4.78, 5) is 24.8. The number of carbonyl (C=O) groups is 1. The van der Waals surface area contributed by atoms with Crippen molar-refractivity contribution in [2.75, 3.05) is 12.9 Å². The van der Waals surface area contributed by atoms with Crippen LogP contribution in [0.15, 0.2) is 45.6 Å². The molecule has 0 fully saturated rings. The number of rotatable bonds is 7. The Labute approximate surface area is 162 Å². The van der Waals surface area contributed by atoms with Crippen molar-refractivity contribution in [3.8, 4) is 5.75 Å². The lowest BCUT2D eigenvalue weighted by Gasteiger charge is -2.08. The number of esters is 1. The molecule has 0 N–H and O–H groups in total. The number of thioether (sulfide) groups is 1. The number of methoxy groups -OCH3 is 1. The average Bonchev–Trinajstić information content (AvgIpc) is 3.04. The van der Waals surface area contributed by atoms with Crippen LogP contribution >= 0.6 is 34.7 Å². The maximum atomic E-state index is 11.9. The summed E-state index contributed by atoms with van der Waals surface area (Å²) in [7, 11) is 1.53. The molecule has 0 aliphatic rings. The number of carbonyl (C=O) groups excluding carboxylic acids is 1. The molecule has 0 amide bonds. The van der Waals surface area contributed by atoms with Crippen LogP contribution in [0.2, 0.25) is 4.34 Å². The van der Waals surface area contributed by atoms with Crippen LogP contribution in [0, 0.1) is 0 Å². The third-order valence-corrected chi connectivity index (χ3v) is 5.89. The van der Waals surface area contributed by atoms with Crippen LogP contribution in [-0.2, 0) is 21.9 Å². The maximum Gasteiger partial charge on any atom is 0.336 e. The molecule has 0 saturated heterocycles. The molecule has 8 heteroatoms. The first-order valence-corrected chi connectivity index (χ1v) is 9.98. The first-order chi connectivity index (χ1) is 12.5.